The number of amides is 3. The number of nitrogens with zero attached hydrogens (tertiary/aromatic N) is 1. The number of aliphatic hydroxyl groups excluding tert-OH is 1. The molecule has 6 atom stereocenters. The van der Waals surface area contributed by atoms with Gasteiger partial charge in [0.15, 0.2) is 6.10 Å². The summed E-state index contributed by atoms with van der Waals surface area (Å²) in [6.07, 6.45) is 1.95. The van der Waals surface area contributed by atoms with Gasteiger partial charge >= 0.3 is 6.09 Å². The van der Waals surface area contributed by atoms with E-state index in [0.29, 0.717) is 18.4 Å². The first kappa shape index (κ1) is 20.6. The van der Waals surface area contributed by atoms with Gasteiger partial charge in [0, 0.05) is 12.0 Å². The van der Waals surface area contributed by atoms with Crippen LogP contribution in [0.1, 0.15) is 52.9 Å². The van der Waals surface area contributed by atoms with Crippen molar-refractivity contribution in [1.82, 2.24) is 10.2 Å². The molecular formula is C20H31N3O5. The van der Waals surface area contributed by atoms with E-state index in [9.17, 15) is 19.5 Å². The minimum atomic E-state index is -1.57. The van der Waals surface area contributed by atoms with E-state index in [2.05, 4.69) is 11.9 Å². The molecule has 1 aliphatic carbocycles. The van der Waals surface area contributed by atoms with E-state index < -0.39 is 41.7 Å². The van der Waals surface area contributed by atoms with E-state index in [1.807, 2.05) is 20.8 Å². The largest absolute Gasteiger partial charge is 0.443 e. The fraction of sp³-hybridized carbons (Fsp3) is 0.750. The minimum absolute atomic E-state index is 0.0189. The number of cyclic esters (lactones) is 1. The van der Waals surface area contributed by atoms with Crippen LogP contribution in [0.5, 0.6) is 0 Å². The number of carbonyl (C=O) groups is 3. The Balaban J connectivity index is 1.83. The highest BCUT2D eigenvalue weighted by molar-refractivity contribution is 5.88. The van der Waals surface area contributed by atoms with Crippen molar-refractivity contribution in [2.24, 2.45) is 17.6 Å². The van der Waals surface area contributed by atoms with Gasteiger partial charge < -0.3 is 20.9 Å². The summed E-state index contributed by atoms with van der Waals surface area (Å²) in [6, 6.07) is -1.69. The van der Waals surface area contributed by atoms with Crippen molar-refractivity contribution in [3.05, 3.63) is 12.2 Å². The van der Waals surface area contributed by atoms with Gasteiger partial charge in [-0.25, -0.2) is 4.79 Å². The van der Waals surface area contributed by atoms with Crippen LogP contribution in [0.2, 0.25) is 0 Å². The van der Waals surface area contributed by atoms with Gasteiger partial charge in [0.05, 0.1) is 6.04 Å². The number of hydrogen-bond acceptors (Lipinski definition) is 5. The van der Waals surface area contributed by atoms with Crippen LogP contribution < -0.4 is 11.1 Å². The standard InChI is InChI=1S/C20H31N3O5/c1-5-10(2)14(16(24)17(21)25)22-18(26)13-9-11-7-6-8-12-15(11)23(13)19(27)28-20(12,3)4/h11-16,24H,2,5-9H2,1,3-4H3,(H2,21,25)(H,22,26)/t11?,12?,13-,14-,15?,16?/m0/s1. The second-order valence-corrected chi connectivity index (χ2v) is 8.76. The molecule has 3 amide bonds. The van der Waals surface area contributed by atoms with E-state index in [-0.39, 0.29) is 17.9 Å². The maximum atomic E-state index is 13.1. The fourth-order valence-corrected chi connectivity index (χ4v) is 5.19. The van der Waals surface area contributed by atoms with Crippen LogP contribution in [0.15, 0.2) is 12.2 Å². The lowest BCUT2D eigenvalue weighted by Crippen LogP contribution is -2.63. The van der Waals surface area contributed by atoms with E-state index in [1.165, 1.54) is 0 Å². The molecule has 0 aromatic rings. The van der Waals surface area contributed by atoms with Gasteiger partial charge in [-0.2, -0.15) is 0 Å². The summed E-state index contributed by atoms with van der Waals surface area (Å²) in [6.45, 7) is 9.53. The molecule has 1 saturated carbocycles. The molecule has 156 valence electrons. The Bertz CT molecular complexity index is 691. The maximum absolute atomic E-state index is 13.1. The molecule has 8 nitrogen and oxygen atoms in total. The zero-order valence-corrected chi connectivity index (χ0v) is 16.8. The number of nitrogens with two attached hydrogens (primary N) is 1. The number of primary amides is 1. The van der Waals surface area contributed by atoms with Crippen molar-refractivity contribution < 1.29 is 24.2 Å². The van der Waals surface area contributed by atoms with Gasteiger partial charge in [-0.3, -0.25) is 14.5 Å². The first-order valence-electron chi connectivity index (χ1n) is 10.0. The highest BCUT2D eigenvalue weighted by Crippen LogP contribution is 2.50. The van der Waals surface area contributed by atoms with Crippen molar-refractivity contribution in [1.29, 1.82) is 0 Å². The number of carbonyl (C=O) groups excluding carboxylic acids is 3. The smallest absolute Gasteiger partial charge is 0.411 e. The van der Waals surface area contributed by atoms with Gasteiger partial charge in [0.2, 0.25) is 11.8 Å². The predicted molar refractivity (Wildman–Crippen MR) is 102 cm³/mol. The Morgan fingerprint density at radius 2 is 2.11 bits per heavy atom. The lowest BCUT2D eigenvalue weighted by Gasteiger charge is -2.50. The van der Waals surface area contributed by atoms with Gasteiger partial charge in [-0.05, 0) is 45.4 Å². The van der Waals surface area contributed by atoms with E-state index in [4.69, 9.17) is 10.5 Å². The average Bonchev–Trinajstić information content (AvgIpc) is 3.03. The molecule has 3 fully saturated rings. The zero-order valence-electron chi connectivity index (χ0n) is 16.8. The Labute approximate surface area is 165 Å². The molecule has 0 radical (unpaired) electrons. The summed E-state index contributed by atoms with van der Waals surface area (Å²) in [7, 11) is 0. The fourth-order valence-electron chi connectivity index (χ4n) is 5.19. The molecule has 0 aromatic carbocycles. The Morgan fingerprint density at radius 1 is 1.43 bits per heavy atom. The van der Waals surface area contributed by atoms with E-state index in [0.717, 1.165) is 19.3 Å². The Kier molecular flexibility index (Phi) is 5.44. The van der Waals surface area contributed by atoms with Gasteiger partial charge in [-0.15, -0.1) is 0 Å². The van der Waals surface area contributed by atoms with Crippen molar-refractivity contribution in [2.75, 3.05) is 0 Å². The topological polar surface area (TPSA) is 122 Å². The molecule has 3 rings (SSSR count). The minimum Gasteiger partial charge on any atom is -0.443 e. The average molecular weight is 393 g/mol. The molecule has 2 saturated heterocycles. The van der Waals surface area contributed by atoms with Crippen LogP contribution in [0.4, 0.5) is 4.79 Å². The van der Waals surface area contributed by atoms with Crippen LogP contribution in [0.3, 0.4) is 0 Å². The Hall–Kier alpha value is -2.09. The second-order valence-electron chi connectivity index (χ2n) is 8.76. The summed E-state index contributed by atoms with van der Waals surface area (Å²) in [5.74, 6) is -0.918. The summed E-state index contributed by atoms with van der Waals surface area (Å²) in [5.41, 5.74) is 5.16. The normalized spacial score (nSPS) is 32.7. The van der Waals surface area contributed by atoms with Gasteiger partial charge in [-0.1, -0.05) is 25.5 Å². The van der Waals surface area contributed by atoms with Crippen molar-refractivity contribution >= 4 is 17.9 Å². The molecule has 2 aliphatic heterocycles. The van der Waals surface area contributed by atoms with Crippen LogP contribution in [0.25, 0.3) is 0 Å². The number of hydrogen-bond donors (Lipinski definition) is 3. The van der Waals surface area contributed by atoms with E-state index >= 15 is 0 Å². The highest BCUT2D eigenvalue weighted by Gasteiger charge is 2.59. The van der Waals surface area contributed by atoms with Crippen LogP contribution in [-0.4, -0.2) is 57.7 Å². The Morgan fingerprint density at radius 3 is 2.71 bits per heavy atom. The first-order chi connectivity index (χ1) is 13.1. The van der Waals surface area contributed by atoms with Gasteiger partial charge in [0.1, 0.15) is 11.6 Å². The molecule has 0 bridgehead atoms. The maximum Gasteiger partial charge on any atom is 0.411 e. The molecule has 8 heteroatoms. The highest BCUT2D eigenvalue weighted by atomic mass is 16.6. The summed E-state index contributed by atoms with van der Waals surface area (Å²) >= 11 is 0. The molecular weight excluding hydrogens is 362 g/mol. The number of rotatable bonds is 6. The molecule has 28 heavy (non-hydrogen) atoms. The molecule has 4 N–H and O–H groups in total. The lowest BCUT2D eigenvalue weighted by atomic mass is 9.70. The van der Waals surface area contributed by atoms with Crippen LogP contribution in [0, 0.1) is 11.8 Å². The molecule has 4 unspecified atom stereocenters. The third kappa shape index (κ3) is 3.38. The van der Waals surface area contributed by atoms with Crippen molar-refractivity contribution in [3.63, 3.8) is 0 Å². The molecule has 0 aromatic heterocycles. The lowest BCUT2D eigenvalue weighted by molar-refractivity contribution is -0.135. The van der Waals surface area contributed by atoms with Crippen molar-refractivity contribution in [3.8, 4) is 0 Å². The quantitative estimate of drug-likeness (QED) is 0.583. The van der Waals surface area contributed by atoms with Crippen LogP contribution in [-0.2, 0) is 14.3 Å². The predicted octanol–water partition coefficient (Wildman–Crippen LogP) is 1.07. The van der Waals surface area contributed by atoms with E-state index in [1.54, 1.807) is 4.90 Å². The SMILES string of the molecule is C=C(CC)[C@H](NC(=O)[C@@H]1CC2CCCC3C2N1C(=O)OC3(C)C)C(O)C(N)=O. The second kappa shape index (κ2) is 7.39. The molecule has 2 heterocycles. The van der Waals surface area contributed by atoms with Crippen LogP contribution >= 0.6 is 0 Å². The summed E-state index contributed by atoms with van der Waals surface area (Å²) < 4.78 is 5.68. The number of ether oxygens (including phenoxy) is 1. The summed E-state index contributed by atoms with van der Waals surface area (Å²) in [4.78, 5) is 38.9. The number of aliphatic hydroxyl groups is 1. The molecule has 0 spiro atoms. The third-order valence-electron chi connectivity index (χ3n) is 6.72. The third-order valence-corrected chi connectivity index (χ3v) is 6.72. The zero-order chi connectivity index (χ0) is 20.8. The first-order valence-corrected chi connectivity index (χ1v) is 10.0. The summed E-state index contributed by atoms with van der Waals surface area (Å²) in [5, 5.41) is 12.8. The van der Waals surface area contributed by atoms with Gasteiger partial charge in [0.25, 0.3) is 0 Å². The van der Waals surface area contributed by atoms with Crippen molar-refractivity contribution in [2.45, 2.75) is 82.7 Å². The molecule has 3 aliphatic rings. The number of nitrogens with one attached hydrogen (secondary N) is 1. The monoisotopic (exact) mass is 393 g/mol.